The zero-order chi connectivity index (χ0) is 27.0. The van der Waals surface area contributed by atoms with Crippen LogP contribution in [0.5, 0.6) is 0 Å². The number of nitrogens with one attached hydrogen (secondary N) is 1. The summed E-state index contributed by atoms with van der Waals surface area (Å²) < 4.78 is 14.7. The summed E-state index contributed by atoms with van der Waals surface area (Å²) in [5.41, 5.74) is 1.49. The van der Waals surface area contributed by atoms with Crippen LogP contribution in [-0.4, -0.2) is 34.0 Å². The average molecular weight is 562 g/mol. The van der Waals surface area contributed by atoms with Crippen LogP contribution in [0.3, 0.4) is 0 Å². The number of hydrogen-bond acceptors (Lipinski definition) is 3. The first kappa shape index (κ1) is 29.0. The van der Waals surface area contributed by atoms with Crippen LogP contribution in [0.15, 0.2) is 72.8 Å². The number of thioether (sulfide) groups is 1. The second kappa shape index (κ2) is 13.3. The minimum absolute atomic E-state index is 0.0338. The van der Waals surface area contributed by atoms with Gasteiger partial charge in [0.1, 0.15) is 11.9 Å². The summed E-state index contributed by atoms with van der Waals surface area (Å²) in [4.78, 5) is 28.7. The molecule has 0 aliphatic heterocycles. The average Bonchev–Trinajstić information content (AvgIpc) is 2.83. The van der Waals surface area contributed by atoms with Gasteiger partial charge in [-0.15, -0.1) is 11.8 Å². The second-order valence-electron chi connectivity index (χ2n) is 9.75. The van der Waals surface area contributed by atoms with Crippen LogP contribution in [0.25, 0.3) is 0 Å². The van der Waals surface area contributed by atoms with E-state index in [1.807, 2.05) is 51.1 Å². The highest BCUT2D eigenvalue weighted by molar-refractivity contribution is 7.99. The molecule has 1 atom stereocenters. The van der Waals surface area contributed by atoms with Gasteiger partial charge >= 0.3 is 0 Å². The van der Waals surface area contributed by atoms with Crippen molar-refractivity contribution in [2.75, 3.05) is 5.75 Å². The number of benzene rings is 3. The van der Waals surface area contributed by atoms with E-state index in [0.717, 1.165) is 11.1 Å². The van der Waals surface area contributed by atoms with Gasteiger partial charge in [-0.25, -0.2) is 4.39 Å². The Morgan fingerprint density at radius 1 is 0.946 bits per heavy atom. The molecule has 3 aromatic rings. The van der Waals surface area contributed by atoms with E-state index in [4.69, 9.17) is 23.2 Å². The maximum absolute atomic E-state index is 14.7. The fourth-order valence-corrected chi connectivity index (χ4v) is 5.46. The number of hydrogen-bond donors (Lipinski definition) is 1. The Morgan fingerprint density at radius 3 is 2.19 bits per heavy atom. The largest absolute Gasteiger partial charge is 0.350 e. The van der Waals surface area contributed by atoms with Crippen molar-refractivity contribution in [1.29, 1.82) is 0 Å². The number of rotatable bonds is 10. The van der Waals surface area contributed by atoms with Gasteiger partial charge in [-0.05, 0) is 50.1 Å². The monoisotopic (exact) mass is 560 g/mol. The van der Waals surface area contributed by atoms with Crippen molar-refractivity contribution in [3.63, 3.8) is 0 Å². The Morgan fingerprint density at radius 2 is 1.57 bits per heavy atom. The Labute approximate surface area is 232 Å². The van der Waals surface area contributed by atoms with Crippen molar-refractivity contribution < 1.29 is 14.0 Å². The zero-order valence-corrected chi connectivity index (χ0v) is 23.5. The summed E-state index contributed by atoms with van der Waals surface area (Å²) in [6.07, 6.45) is 0.296. The lowest BCUT2D eigenvalue weighted by atomic mass is 10.0. The van der Waals surface area contributed by atoms with Crippen molar-refractivity contribution in [3.05, 3.63) is 105 Å². The van der Waals surface area contributed by atoms with Crippen LogP contribution in [0, 0.1) is 5.82 Å². The van der Waals surface area contributed by atoms with Gasteiger partial charge in [0.05, 0.1) is 5.75 Å². The highest BCUT2D eigenvalue weighted by Crippen LogP contribution is 2.29. The quantitative estimate of drug-likeness (QED) is 0.292. The maximum Gasteiger partial charge on any atom is 0.243 e. The highest BCUT2D eigenvalue weighted by Gasteiger charge is 2.32. The minimum Gasteiger partial charge on any atom is -0.350 e. The van der Waals surface area contributed by atoms with Gasteiger partial charge in [0.2, 0.25) is 11.8 Å². The summed E-state index contributed by atoms with van der Waals surface area (Å²) in [5, 5.41) is 4.06. The number of carbonyl (C=O) groups excluding carboxylic acids is 2. The lowest BCUT2D eigenvalue weighted by molar-refractivity contribution is -0.140. The topological polar surface area (TPSA) is 49.4 Å². The molecule has 0 saturated heterocycles. The Hall–Kier alpha value is -2.54. The first-order valence-corrected chi connectivity index (χ1v) is 13.9. The van der Waals surface area contributed by atoms with Gasteiger partial charge in [-0.2, -0.15) is 0 Å². The molecular weight excluding hydrogens is 530 g/mol. The lowest BCUT2D eigenvalue weighted by Gasteiger charge is -2.34. The normalized spacial score (nSPS) is 12.2. The van der Waals surface area contributed by atoms with E-state index >= 15 is 0 Å². The molecule has 0 saturated carbocycles. The van der Waals surface area contributed by atoms with E-state index in [9.17, 15) is 14.0 Å². The molecule has 0 aliphatic carbocycles. The molecule has 196 valence electrons. The molecule has 1 N–H and O–H groups in total. The van der Waals surface area contributed by atoms with E-state index in [1.54, 1.807) is 36.4 Å². The molecule has 0 fully saturated rings. The maximum atomic E-state index is 14.7. The number of halogens is 3. The standard InChI is InChI=1S/C29H31Cl2FN2O2S/c1-29(2,3)33-28(36)26(16-20-10-5-4-6-11-20)34(17-21-12-7-8-15-25(21)32)27(35)19-37-18-22-23(30)13-9-14-24(22)31/h4-15,26H,16-19H2,1-3H3,(H,33,36)/t26-/m1/s1. The lowest BCUT2D eigenvalue weighted by Crippen LogP contribution is -2.54. The molecule has 0 aromatic heterocycles. The molecule has 2 amide bonds. The van der Waals surface area contributed by atoms with Crippen molar-refractivity contribution in [2.24, 2.45) is 0 Å². The second-order valence-corrected chi connectivity index (χ2v) is 11.6. The Kier molecular flexibility index (Phi) is 10.4. The molecule has 0 radical (unpaired) electrons. The molecule has 0 heterocycles. The fraction of sp³-hybridized carbons (Fsp3) is 0.310. The van der Waals surface area contributed by atoms with E-state index in [-0.39, 0.29) is 24.1 Å². The van der Waals surface area contributed by atoms with Crippen molar-refractivity contribution in [3.8, 4) is 0 Å². The number of carbonyl (C=O) groups is 2. The van der Waals surface area contributed by atoms with Crippen LogP contribution >= 0.6 is 35.0 Å². The first-order valence-electron chi connectivity index (χ1n) is 11.9. The van der Waals surface area contributed by atoms with Crippen molar-refractivity contribution in [1.82, 2.24) is 10.2 Å². The third-order valence-corrected chi connectivity index (χ3v) is 7.25. The SMILES string of the molecule is CC(C)(C)NC(=O)[C@@H](Cc1ccccc1)N(Cc1ccccc1F)C(=O)CSCc1c(Cl)cccc1Cl. The van der Waals surface area contributed by atoms with Crippen LogP contribution in [0.1, 0.15) is 37.5 Å². The van der Waals surface area contributed by atoms with E-state index < -0.39 is 17.4 Å². The molecule has 0 spiro atoms. The van der Waals surface area contributed by atoms with Crippen LogP contribution < -0.4 is 5.32 Å². The van der Waals surface area contributed by atoms with Crippen molar-refractivity contribution in [2.45, 2.75) is 51.1 Å². The van der Waals surface area contributed by atoms with E-state index in [1.165, 1.54) is 22.7 Å². The molecule has 3 rings (SSSR count). The molecule has 0 unspecified atom stereocenters. The van der Waals surface area contributed by atoms with Gasteiger partial charge in [0.15, 0.2) is 0 Å². The zero-order valence-electron chi connectivity index (χ0n) is 21.1. The van der Waals surface area contributed by atoms with E-state index in [0.29, 0.717) is 27.8 Å². The Balaban J connectivity index is 1.90. The predicted molar refractivity (Wildman–Crippen MR) is 151 cm³/mol. The van der Waals surface area contributed by atoms with Gasteiger partial charge in [0, 0.05) is 39.9 Å². The van der Waals surface area contributed by atoms with Crippen LogP contribution in [-0.2, 0) is 28.3 Å². The van der Waals surface area contributed by atoms with Crippen molar-refractivity contribution >= 4 is 46.8 Å². The summed E-state index contributed by atoms with van der Waals surface area (Å²) in [7, 11) is 0. The highest BCUT2D eigenvalue weighted by atomic mass is 35.5. The van der Waals surface area contributed by atoms with Gasteiger partial charge in [-0.1, -0.05) is 77.8 Å². The molecule has 3 aromatic carbocycles. The van der Waals surface area contributed by atoms with Crippen LogP contribution in [0.4, 0.5) is 4.39 Å². The summed E-state index contributed by atoms with van der Waals surface area (Å²) in [6, 6.07) is 20.2. The molecule has 0 aliphatic rings. The molecular formula is C29H31Cl2FN2O2S. The molecule has 8 heteroatoms. The molecule has 37 heavy (non-hydrogen) atoms. The summed E-state index contributed by atoms with van der Waals surface area (Å²) in [6.45, 7) is 5.62. The molecule has 0 bridgehead atoms. The first-order chi connectivity index (χ1) is 17.5. The minimum atomic E-state index is -0.835. The third-order valence-electron chi connectivity index (χ3n) is 5.60. The summed E-state index contributed by atoms with van der Waals surface area (Å²) in [5.74, 6) is -0.494. The van der Waals surface area contributed by atoms with Gasteiger partial charge in [-0.3, -0.25) is 9.59 Å². The molecule has 4 nitrogen and oxygen atoms in total. The predicted octanol–water partition coefficient (Wildman–Crippen LogP) is 6.92. The van der Waals surface area contributed by atoms with Gasteiger partial charge < -0.3 is 10.2 Å². The Bertz CT molecular complexity index is 1200. The smallest absolute Gasteiger partial charge is 0.243 e. The van der Waals surface area contributed by atoms with Crippen LogP contribution in [0.2, 0.25) is 10.0 Å². The fourth-order valence-electron chi connectivity index (χ4n) is 3.81. The third kappa shape index (κ3) is 8.77. The number of nitrogens with zero attached hydrogens (tertiary/aromatic N) is 1. The summed E-state index contributed by atoms with van der Waals surface area (Å²) >= 11 is 13.9. The number of amides is 2. The van der Waals surface area contributed by atoms with Gasteiger partial charge in [0.25, 0.3) is 0 Å². The van der Waals surface area contributed by atoms with E-state index in [2.05, 4.69) is 5.32 Å².